The number of hydrogen-bond donors (Lipinski definition) is 3. The largest absolute Gasteiger partial charge is 1.00 e. The topological polar surface area (TPSA) is 84.5 Å². The third-order valence-corrected chi connectivity index (χ3v) is 4.18. The number of aromatic nitrogens is 3. The quantitative estimate of drug-likeness (QED) is 0.413. The number of fused-ring (bicyclic) bond motifs is 1. The molecule has 3 N–H and O–H groups in total. The summed E-state index contributed by atoms with van der Waals surface area (Å²) in [5.74, 6) is 0.134. The molecule has 1 amide bonds. The first kappa shape index (κ1) is 20.7. The highest BCUT2D eigenvalue weighted by molar-refractivity contribution is 5.77. The van der Waals surface area contributed by atoms with Gasteiger partial charge in [-0.15, -0.1) is 0 Å². The van der Waals surface area contributed by atoms with Crippen molar-refractivity contribution in [1.29, 1.82) is 0 Å². The molecule has 8 heteroatoms. The zero-order valence-corrected chi connectivity index (χ0v) is 16.1. The summed E-state index contributed by atoms with van der Waals surface area (Å²) in [5, 5.41) is 21.6. The molecule has 0 bridgehead atoms. The molecule has 1 unspecified atom stereocenters. The van der Waals surface area contributed by atoms with Crippen molar-refractivity contribution in [3.63, 3.8) is 0 Å². The van der Waals surface area contributed by atoms with Crippen LogP contribution in [0.25, 0.3) is 11.0 Å². The number of nitrogens with one attached hydrogen (secondary N) is 2. The summed E-state index contributed by atoms with van der Waals surface area (Å²) in [5.41, 5.74) is 2.44. The molecule has 1 heterocycles. The van der Waals surface area contributed by atoms with E-state index in [4.69, 9.17) is 0 Å². The summed E-state index contributed by atoms with van der Waals surface area (Å²) in [6.07, 6.45) is 0.231. The van der Waals surface area contributed by atoms with Gasteiger partial charge in [-0.3, -0.25) is 4.79 Å². The van der Waals surface area contributed by atoms with Gasteiger partial charge in [-0.1, -0.05) is 24.3 Å². The van der Waals surface area contributed by atoms with E-state index >= 15 is 0 Å². The van der Waals surface area contributed by atoms with Gasteiger partial charge in [0.25, 0.3) is 0 Å². The Kier molecular flexibility index (Phi) is 7.15. The minimum atomic E-state index is -0.338. The Bertz CT molecular complexity index is 846. The number of halogens is 1. The van der Waals surface area contributed by atoms with Crippen LogP contribution >= 0.6 is 0 Å². The van der Waals surface area contributed by atoms with Gasteiger partial charge in [0, 0.05) is 0 Å². The molecule has 0 aliphatic rings. The SMILES string of the molecule is C[NH+](C)CCNC(=O)CC(c1ccc(O)cc1)n1nc2ccccc2n1.[Cl-]. The van der Waals surface area contributed by atoms with Crippen molar-refractivity contribution in [3.8, 4) is 5.75 Å². The fraction of sp³-hybridized carbons (Fsp3) is 0.316. The van der Waals surface area contributed by atoms with E-state index in [9.17, 15) is 9.90 Å². The van der Waals surface area contributed by atoms with E-state index in [1.54, 1.807) is 29.1 Å². The Labute approximate surface area is 164 Å². The van der Waals surface area contributed by atoms with E-state index < -0.39 is 0 Å². The van der Waals surface area contributed by atoms with Crippen LogP contribution in [0.5, 0.6) is 5.75 Å². The summed E-state index contributed by atoms with van der Waals surface area (Å²) in [6, 6.07) is 14.1. The molecule has 3 rings (SSSR count). The lowest BCUT2D eigenvalue weighted by Gasteiger charge is -2.17. The molecule has 2 aromatic carbocycles. The Morgan fingerprint density at radius 1 is 1.11 bits per heavy atom. The Morgan fingerprint density at radius 3 is 2.26 bits per heavy atom. The number of phenolic OH excluding ortho intramolecular Hbond substituents is 1. The molecule has 27 heavy (non-hydrogen) atoms. The molecule has 1 atom stereocenters. The zero-order chi connectivity index (χ0) is 18.5. The lowest BCUT2D eigenvalue weighted by molar-refractivity contribution is -0.856. The van der Waals surface area contributed by atoms with Crippen LogP contribution in [0, 0.1) is 0 Å². The smallest absolute Gasteiger partial charge is 0.222 e. The minimum absolute atomic E-state index is 0. The molecule has 0 fully saturated rings. The fourth-order valence-corrected chi connectivity index (χ4v) is 2.74. The number of carbonyl (C=O) groups is 1. The number of likely N-dealkylation sites (N-methyl/N-ethyl adjacent to an activating group) is 1. The molecule has 0 aliphatic heterocycles. The van der Waals surface area contributed by atoms with Crippen molar-refractivity contribution < 1.29 is 27.2 Å². The third kappa shape index (κ3) is 5.42. The lowest BCUT2D eigenvalue weighted by atomic mass is 10.0. The summed E-state index contributed by atoms with van der Waals surface area (Å²) in [6.45, 7) is 1.48. The molecule has 7 nitrogen and oxygen atoms in total. The van der Waals surface area contributed by atoms with E-state index in [2.05, 4.69) is 15.5 Å². The van der Waals surface area contributed by atoms with Gasteiger partial charge in [-0.25, -0.2) is 0 Å². The first-order chi connectivity index (χ1) is 12.5. The van der Waals surface area contributed by atoms with Gasteiger partial charge in [-0.2, -0.15) is 15.0 Å². The molecule has 0 saturated carbocycles. The second kappa shape index (κ2) is 9.34. The number of carbonyl (C=O) groups excluding carboxylic acids is 1. The molecule has 0 spiro atoms. The molecule has 1 aromatic heterocycles. The Balaban J connectivity index is 0.00000261. The second-order valence-electron chi connectivity index (χ2n) is 6.63. The number of phenols is 1. The highest BCUT2D eigenvalue weighted by Gasteiger charge is 2.21. The Morgan fingerprint density at radius 2 is 1.70 bits per heavy atom. The molecule has 144 valence electrons. The van der Waals surface area contributed by atoms with Crippen LogP contribution < -0.4 is 22.6 Å². The fourth-order valence-electron chi connectivity index (χ4n) is 2.74. The molecule has 0 saturated heterocycles. The van der Waals surface area contributed by atoms with Crippen LogP contribution in [-0.2, 0) is 4.79 Å². The van der Waals surface area contributed by atoms with Crippen LogP contribution in [-0.4, -0.2) is 53.2 Å². The van der Waals surface area contributed by atoms with Crippen molar-refractivity contribution in [2.45, 2.75) is 12.5 Å². The van der Waals surface area contributed by atoms with E-state index in [0.717, 1.165) is 23.1 Å². The standard InChI is InChI=1S/C19H23N5O2.ClH/c1-23(2)12-11-20-19(26)13-18(14-7-9-15(25)10-8-14)24-21-16-5-3-4-6-17(16)22-24;/h3-10,18,25H,11-13H2,1-2H3,(H,20,26);1H. The van der Waals surface area contributed by atoms with Gasteiger partial charge in [0.1, 0.15) is 22.8 Å². The van der Waals surface area contributed by atoms with E-state index in [0.29, 0.717) is 6.54 Å². The van der Waals surface area contributed by atoms with Crippen molar-refractivity contribution in [1.82, 2.24) is 20.3 Å². The minimum Gasteiger partial charge on any atom is -1.00 e. The summed E-state index contributed by atoms with van der Waals surface area (Å²) < 4.78 is 0. The molecule has 3 aromatic rings. The summed E-state index contributed by atoms with van der Waals surface area (Å²) >= 11 is 0. The van der Waals surface area contributed by atoms with Crippen LogP contribution in [0.2, 0.25) is 0 Å². The number of amides is 1. The van der Waals surface area contributed by atoms with Gasteiger partial charge < -0.3 is 27.7 Å². The van der Waals surface area contributed by atoms with Gasteiger partial charge in [0.15, 0.2) is 0 Å². The zero-order valence-electron chi connectivity index (χ0n) is 15.4. The number of quaternary nitrogens is 1. The predicted octanol–water partition coefficient (Wildman–Crippen LogP) is -2.62. The monoisotopic (exact) mass is 389 g/mol. The number of nitrogens with zero attached hydrogens (tertiary/aromatic N) is 3. The van der Waals surface area contributed by atoms with E-state index in [-0.39, 0.29) is 36.5 Å². The maximum absolute atomic E-state index is 12.4. The first-order valence-electron chi connectivity index (χ1n) is 8.69. The maximum atomic E-state index is 12.4. The number of aromatic hydroxyl groups is 1. The molecular formula is C19H24ClN5O2. The van der Waals surface area contributed by atoms with Gasteiger partial charge in [-0.05, 0) is 29.8 Å². The average molecular weight is 390 g/mol. The number of benzene rings is 2. The lowest BCUT2D eigenvalue weighted by Crippen LogP contribution is -3.06. The van der Waals surface area contributed by atoms with Crippen LogP contribution in [0.1, 0.15) is 18.0 Å². The number of rotatable bonds is 7. The van der Waals surface area contributed by atoms with E-state index in [1.807, 2.05) is 38.4 Å². The second-order valence-corrected chi connectivity index (χ2v) is 6.63. The highest BCUT2D eigenvalue weighted by Crippen LogP contribution is 2.24. The van der Waals surface area contributed by atoms with Crippen LogP contribution in [0.4, 0.5) is 0 Å². The van der Waals surface area contributed by atoms with Crippen molar-refractivity contribution in [2.75, 3.05) is 27.2 Å². The number of hydrogen-bond acceptors (Lipinski definition) is 4. The molecule has 0 aliphatic carbocycles. The van der Waals surface area contributed by atoms with E-state index in [1.165, 1.54) is 4.90 Å². The first-order valence-corrected chi connectivity index (χ1v) is 8.69. The van der Waals surface area contributed by atoms with Crippen molar-refractivity contribution in [2.24, 2.45) is 0 Å². The summed E-state index contributed by atoms with van der Waals surface area (Å²) in [7, 11) is 4.09. The predicted molar refractivity (Wildman–Crippen MR) is 99.1 cm³/mol. The molecule has 0 radical (unpaired) electrons. The van der Waals surface area contributed by atoms with Gasteiger partial charge in [0.2, 0.25) is 5.91 Å². The average Bonchev–Trinajstić information content (AvgIpc) is 3.04. The third-order valence-electron chi connectivity index (χ3n) is 4.18. The van der Waals surface area contributed by atoms with Crippen LogP contribution in [0.15, 0.2) is 48.5 Å². The van der Waals surface area contributed by atoms with Crippen molar-refractivity contribution >= 4 is 16.9 Å². The maximum Gasteiger partial charge on any atom is 0.222 e. The van der Waals surface area contributed by atoms with Crippen LogP contribution in [0.3, 0.4) is 0 Å². The van der Waals surface area contributed by atoms with Gasteiger partial charge >= 0.3 is 0 Å². The normalized spacial score (nSPS) is 12.0. The highest BCUT2D eigenvalue weighted by atomic mass is 35.5. The Hall–Kier alpha value is -2.64. The molecular weight excluding hydrogens is 366 g/mol. The summed E-state index contributed by atoms with van der Waals surface area (Å²) in [4.78, 5) is 15.3. The van der Waals surface area contributed by atoms with Crippen molar-refractivity contribution in [3.05, 3.63) is 54.1 Å². The van der Waals surface area contributed by atoms with Gasteiger partial charge in [0.05, 0.1) is 33.6 Å².